The van der Waals surface area contributed by atoms with E-state index in [0.29, 0.717) is 11.3 Å². The molecule has 0 bridgehead atoms. The van der Waals surface area contributed by atoms with Gasteiger partial charge in [0.1, 0.15) is 6.33 Å². The van der Waals surface area contributed by atoms with Crippen LogP contribution in [0.4, 0.5) is 0 Å². The molecule has 5 heteroatoms. The summed E-state index contributed by atoms with van der Waals surface area (Å²) in [5.74, 6) is 2.19. The van der Waals surface area contributed by atoms with Crippen LogP contribution in [0.15, 0.2) is 24.1 Å². The van der Waals surface area contributed by atoms with Crippen molar-refractivity contribution in [3.63, 3.8) is 0 Å². The number of aliphatic hydroxyl groups is 1. The second kappa shape index (κ2) is 5.26. The van der Waals surface area contributed by atoms with E-state index in [4.69, 9.17) is 0 Å². The van der Waals surface area contributed by atoms with Crippen LogP contribution in [0.25, 0.3) is 5.70 Å². The van der Waals surface area contributed by atoms with Gasteiger partial charge in [-0.05, 0) is 78.5 Å². The van der Waals surface area contributed by atoms with Gasteiger partial charge in [0.2, 0.25) is 0 Å². The van der Waals surface area contributed by atoms with Crippen molar-refractivity contribution in [2.45, 2.75) is 64.9 Å². The highest BCUT2D eigenvalue weighted by Crippen LogP contribution is 2.65. The van der Waals surface area contributed by atoms with E-state index >= 15 is 0 Å². The lowest BCUT2D eigenvalue weighted by atomic mass is 9.48. The van der Waals surface area contributed by atoms with E-state index in [1.54, 1.807) is 11.9 Å². The lowest BCUT2D eigenvalue weighted by molar-refractivity contribution is -0.0251. The largest absolute Gasteiger partial charge is 0.393 e. The molecule has 4 aliphatic carbocycles. The molecule has 134 valence electrons. The summed E-state index contributed by atoms with van der Waals surface area (Å²) in [6, 6.07) is 0. The fourth-order valence-corrected chi connectivity index (χ4v) is 6.81. The highest BCUT2D eigenvalue weighted by molar-refractivity contribution is 5.55. The molecule has 4 aliphatic rings. The first-order chi connectivity index (χ1) is 12.0. The van der Waals surface area contributed by atoms with Gasteiger partial charge in [0.25, 0.3) is 0 Å². The zero-order valence-electron chi connectivity index (χ0n) is 15.2. The average Bonchev–Trinajstić information content (AvgIpc) is 3.22. The maximum atomic E-state index is 10.1. The molecule has 0 aromatic carbocycles. The van der Waals surface area contributed by atoms with E-state index in [2.05, 4.69) is 41.5 Å². The molecule has 0 aliphatic heterocycles. The molecule has 1 heterocycles. The topological polar surface area (TPSA) is 63.8 Å². The molecule has 1 aromatic rings. The zero-order valence-corrected chi connectivity index (χ0v) is 15.2. The highest BCUT2D eigenvalue weighted by atomic mass is 16.3. The van der Waals surface area contributed by atoms with Crippen LogP contribution in [0.2, 0.25) is 0 Å². The number of rotatable bonds is 1. The highest BCUT2D eigenvalue weighted by Gasteiger charge is 2.57. The SMILES string of the molecule is C[C@]12CC[C@H](O)CC1=CCC1C2CC[C@]2(C)C(n3cnnn3)=CCC12. The molecule has 3 unspecified atom stereocenters. The van der Waals surface area contributed by atoms with Gasteiger partial charge in [-0.15, -0.1) is 5.10 Å². The Morgan fingerprint density at radius 1 is 1.08 bits per heavy atom. The van der Waals surface area contributed by atoms with Crippen molar-refractivity contribution >= 4 is 5.70 Å². The minimum atomic E-state index is -0.121. The van der Waals surface area contributed by atoms with Gasteiger partial charge in [-0.3, -0.25) is 0 Å². The van der Waals surface area contributed by atoms with E-state index in [-0.39, 0.29) is 11.5 Å². The fourth-order valence-electron chi connectivity index (χ4n) is 6.81. The Kier molecular flexibility index (Phi) is 3.31. The predicted molar refractivity (Wildman–Crippen MR) is 95.2 cm³/mol. The fraction of sp³-hybridized carbons (Fsp3) is 0.750. The van der Waals surface area contributed by atoms with E-state index < -0.39 is 0 Å². The Balaban J connectivity index is 1.48. The molecule has 5 nitrogen and oxygen atoms in total. The van der Waals surface area contributed by atoms with Crippen molar-refractivity contribution in [3.8, 4) is 0 Å². The van der Waals surface area contributed by atoms with Gasteiger partial charge in [0.15, 0.2) is 0 Å². The molecule has 0 spiro atoms. The van der Waals surface area contributed by atoms with Crippen LogP contribution in [0.3, 0.4) is 0 Å². The Bertz CT molecular complexity index is 739. The lowest BCUT2D eigenvalue weighted by Crippen LogP contribution is -2.50. The number of aromatic nitrogens is 4. The molecule has 0 amide bonds. The Labute approximate surface area is 149 Å². The number of fused-ring (bicyclic) bond motifs is 5. The third-order valence-electron chi connectivity index (χ3n) is 8.21. The number of hydrogen-bond acceptors (Lipinski definition) is 4. The minimum absolute atomic E-state index is 0.121. The first-order valence-electron chi connectivity index (χ1n) is 9.84. The van der Waals surface area contributed by atoms with E-state index in [1.807, 2.05) is 4.68 Å². The quantitative estimate of drug-likeness (QED) is 0.795. The molecule has 0 radical (unpaired) electrons. The van der Waals surface area contributed by atoms with Gasteiger partial charge < -0.3 is 5.11 Å². The third-order valence-corrected chi connectivity index (χ3v) is 8.21. The summed E-state index contributed by atoms with van der Waals surface area (Å²) in [6.07, 6.45) is 14.3. The maximum absolute atomic E-state index is 10.1. The second-order valence-corrected chi connectivity index (χ2v) is 9.19. The Morgan fingerprint density at radius 2 is 1.92 bits per heavy atom. The van der Waals surface area contributed by atoms with Crippen LogP contribution in [0.1, 0.15) is 58.8 Å². The van der Waals surface area contributed by atoms with Gasteiger partial charge in [0, 0.05) is 11.1 Å². The van der Waals surface area contributed by atoms with E-state index in [9.17, 15) is 5.11 Å². The second-order valence-electron chi connectivity index (χ2n) is 9.19. The van der Waals surface area contributed by atoms with E-state index in [0.717, 1.165) is 37.5 Å². The smallest absolute Gasteiger partial charge is 0.143 e. The molecule has 0 saturated heterocycles. The van der Waals surface area contributed by atoms with Crippen LogP contribution in [-0.4, -0.2) is 31.4 Å². The number of allylic oxidation sites excluding steroid dienone is 3. The van der Waals surface area contributed by atoms with Gasteiger partial charge in [-0.25, -0.2) is 4.68 Å². The lowest BCUT2D eigenvalue weighted by Gasteiger charge is -2.57. The standard InChI is InChI=1S/C20H28N4O/c1-19-9-7-14(25)11-13(19)3-4-15-16-5-6-18(24-12-21-22-23-24)20(16,2)10-8-17(15)19/h3,6,12,14-17,25H,4-5,7-11H2,1-2H3/t14-,15?,16?,17?,19-,20-/m0/s1. The van der Waals surface area contributed by atoms with Gasteiger partial charge >= 0.3 is 0 Å². The van der Waals surface area contributed by atoms with Crippen molar-refractivity contribution in [1.29, 1.82) is 0 Å². The van der Waals surface area contributed by atoms with Crippen LogP contribution in [0, 0.1) is 28.6 Å². The summed E-state index contributed by atoms with van der Waals surface area (Å²) in [6.45, 7) is 4.91. The summed E-state index contributed by atoms with van der Waals surface area (Å²) in [7, 11) is 0. The summed E-state index contributed by atoms with van der Waals surface area (Å²) in [5.41, 5.74) is 3.34. The molecule has 5 rings (SSSR count). The Hall–Kier alpha value is -1.49. The first kappa shape index (κ1) is 15.7. The molecular weight excluding hydrogens is 312 g/mol. The average molecular weight is 340 g/mol. The van der Waals surface area contributed by atoms with Gasteiger partial charge in [-0.2, -0.15) is 0 Å². The predicted octanol–water partition coefficient (Wildman–Crippen LogP) is 3.45. The van der Waals surface area contributed by atoms with Crippen molar-refractivity contribution in [2.75, 3.05) is 0 Å². The molecule has 1 aromatic heterocycles. The minimum Gasteiger partial charge on any atom is -0.393 e. The summed E-state index contributed by atoms with van der Waals surface area (Å²) >= 11 is 0. The van der Waals surface area contributed by atoms with Crippen molar-refractivity contribution < 1.29 is 5.11 Å². The normalized spacial score (nSPS) is 45.9. The number of hydrogen-bond donors (Lipinski definition) is 1. The Morgan fingerprint density at radius 3 is 2.72 bits per heavy atom. The summed E-state index contributed by atoms with van der Waals surface area (Å²) < 4.78 is 1.89. The van der Waals surface area contributed by atoms with Gasteiger partial charge in [0.05, 0.1) is 6.10 Å². The van der Waals surface area contributed by atoms with Gasteiger partial charge in [-0.1, -0.05) is 31.6 Å². The van der Waals surface area contributed by atoms with Crippen LogP contribution >= 0.6 is 0 Å². The molecular formula is C20H28N4O. The molecule has 6 atom stereocenters. The monoisotopic (exact) mass is 340 g/mol. The van der Waals surface area contributed by atoms with Crippen molar-refractivity contribution in [1.82, 2.24) is 20.2 Å². The number of nitrogens with zero attached hydrogens (tertiary/aromatic N) is 4. The maximum Gasteiger partial charge on any atom is 0.143 e. The number of tetrazole rings is 1. The molecule has 2 fully saturated rings. The van der Waals surface area contributed by atoms with Crippen LogP contribution < -0.4 is 0 Å². The van der Waals surface area contributed by atoms with E-state index in [1.165, 1.54) is 25.0 Å². The number of aliphatic hydroxyl groups excluding tert-OH is 1. The zero-order chi connectivity index (χ0) is 17.2. The van der Waals surface area contributed by atoms with Crippen LogP contribution in [-0.2, 0) is 0 Å². The molecule has 1 N–H and O–H groups in total. The van der Waals surface area contributed by atoms with Crippen LogP contribution in [0.5, 0.6) is 0 Å². The summed E-state index contributed by atoms with van der Waals surface area (Å²) in [5, 5.41) is 22.0. The van der Waals surface area contributed by atoms with Crippen molar-refractivity contribution in [3.05, 3.63) is 24.1 Å². The third kappa shape index (κ3) is 2.08. The van der Waals surface area contributed by atoms with Crippen molar-refractivity contribution in [2.24, 2.45) is 28.6 Å². The first-order valence-corrected chi connectivity index (χ1v) is 9.84. The summed E-state index contributed by atoms with van der Waals surface area (Å²) in [4.78, 5) is 0. The molecule has 2 saturated carbocycles. The molecule has 25 heavy (non-hydrogen) atoms.